The van der Waals surface area contributed by atoms with Crippen LogP contribution in [0.3, 0.4) is 0 Å². The highest BCUT2D eigenvalue weighted by Gasteiger charge is 2.41. The molecule has 2 heterocycles. The minimum Gasteiger partial charge on any atom is -0.372 e. The Kier molecular flexibility index (Phi) is 4.96. The highest BCUT2D eigenvalue weighted by Crippen LogP contribution is 2.38. The van der Waals surface area contributed by atoms with Gasteiger partial charge in [-0.1, -0.05) is 0 Å². The SMILES string of the molecule is Cn1nccc1[C@@H]1OCC[C@H]1CNC1CCC(C(F)(F)F)CC1. The van der Waals surface area contributed by atoms with Gasteiger partial charge in [0.15, 0.2) is 0 Å². The Hall–Kier alpha value is -1.08. The maximum atomic E-state index is 12.7. The normalized spacial score (nSPS) is 32.3. The smallest absolute Gasteiger partial charge is 0.372 e. The molecule has 0 amide bonds. The van der Waals surface area contributed by atoms with Crippen LogP contribution in [0.2, 0.25) is 0 Å². The summed E-state index contributed by atoms with van der Waals surface area (Å²) >= 11 is 0. The second-order valence-electron chi connectivity index (χ2n) is 6.72. The first-order valence-electron chi connectivity index (χ1n) is 8.34. The van der Waals surface area contributed by atoms with Crippen molar-refractivity contribution in [3.8, 4) is 0 Å². The molecule has 3 rings (SSSR count). The second kappa shape index (κ2) is 6.81. The van der Waals surface area contributed by atoms with Crippen molar-refractivity contribution in [2.75, 3.05) is 13.2 Å². The van der Waals surface area contributed by atoms with E-state index in [1.54, 1.807) is 6.20 Å². The molecule has 7 heteroatoms. The van der Waals surface area contributed by atoms with E-state index in [4.69, 9.17) is 4.74 Å². The standard InChI is InChI=1S/C16H24F3N3O/c1-22-14(6-8-21-22)15-11(7-9-23-15)10-20-13-4-2-12(3-5-13)16(17,18)19/h6,8,11-13,15,20H,2-5,7,9-10H2,1H3/t11-,12?,13?,15+/m0/s1. The molecule has 1 aliphatic heterocycles. The first kappa shape index (κ1) is 16.8. The van der Waals surface area contributed by atoms with E-state index >= 15 is 0 Å². The molecule has 1 N–H and O–H groups in total. The van der Waals surface area contributed by atoms with Gasteiger partial charge in [-0.25, -0.2) is 0 Å². The molecule has 2 atom stereocenters. The fourth-order valence-corrected chi connectivity index (χ4v) is 3.78. The number of hydrogen-bond donors (Lipinski definition) is 1. The van der Waals surface area contributed by atoms with Crippen LogP contribution in [-0.4, -0.2) is 35.2 Å². The summed E-state index contributed by atoms with van der Waals surface area (Å²) in [5.74, 6) is -0.761. The summed E-state index contributed by atoms with van der Waals surface area (Å²) < 4.78 is 45.8. The molecule has 0 unspecified atom stereocenters. The maximum Gasteiger partial charge on any atom is 0.391 e. The van der Waals surface area contributed by atoms with Gasteiger partial charge < -0.3 is 10.1 Å². The van der Waals surface area contributed by atoms with Gasteiger partial charge in [0.25, 0.3) is 0 Å². The number of hydrogen-bond acceptors (Lipinski definition) is 3. The monoisotopic (exact) mass is 331 g/mol. The highest BCUT2D eigenvalue weighted by atomic mass is 19.4. The summed E-state index contributed by atoms with van der Waals surface area (Å²) in [6.07, 6.45) is 0.431. The molecule has 130 valence electrons. The molecule has 1 saturated carbocycles. The van der Waals surface area contributed by atoms with Crippen LogP contribution in [0.25, 0.3) is 0 Å². The van der Waals surface area contributed by atoms with Crippen molar-refractivity contribution in [2.45, 2.75) is 50.4 Å². The van der Waals surface area contributed by atoms with Gasteiger partial charge in [0.05, 0.1) is 11.6 Å². The molecule has 0 bridgehead atoms. The summed E-state index contributed by atoms with van der Waals surface area (Å²) in [6, 6.07) is 2.17. The van der Waals surface area contributed by atoms with E-state index in [9.17, 15) is 13.2 Å². The van der Waals surface area contributed by atoms with E-state index in [-0.39, 0.29) is 25.0 Å². The van der Waals surface area contributed by atoms with Crippen LogP contribution in [0.5, 0.6) is 0 Å². The van der Waals surface area contributed by atoms with Crippen LogP contribution in [-0.2, 0) is 11.8 Å². The first-order valence-corrected chi connectivity index (χ1v) is 8.34. The van der Waals surface area contributed by atoms with E-state index in [0.29, 0.717) is 18.8 Å². The third kappa shape index (κ3) is 3.88. The second-order valence-corrected chi connectivity index (χ2v) is 6.72. The number of nitrogens with one attached hydrogen (secondary N) is 1. The van der Waals surface area contributed by atoms with Crippen molar-refractivity contribution in [3.63, 3.8) is 0 Å². The van der Waals surface area contributed by atoms with E-state index < -0.39 is 12.1 Å². The number of aryl methyl sites for hydroxylation is 1. The minimum absolute atomic E-state index is 0.0292. The number of alkyl halides is 3. The Morgan fingerprint density at radius 3 is 2.61 bits per heavy atom. The van der Waals surface area contributed by atoms with Gasteiger partial charge in [-0.2, -0.15) is 18.3 Å². The summed E-state index contributed by atoms with van der Waals surface area (Å²) in [6.45, 7) is 1.51. The number of ether oxygens (including phenoxy) is 1. The van der Waals surface area contributed by atoms with Crippen molar-refractivity contribution >= 4 is 0 Å². The predicted molar refractivity (Wildman–Crippen MR) is 79.8 cm³/mol. The van der Waals surface area contributed by atoms with Gasteiger partial charge in [0.1, 0.15) is 6.10 Å². The van der Waals surface area contributed by atoms with Crippen molar-refractivity contribution < 1.29 is 17.9 Å². The zero-order valence-corrected chi connectivity index (χ0v) is 13.4. The molecule has 4 nitrogen and oxygen atoms in total. The number of halogens is 3. The molecule has 1 aromatic heterocycles. The molecule has 23 heavy (non-hydrogen) atoms. The number of aromatic nitrogens is 2. The molecule has 1 aliphatic carbocycles. The fourth-order valence-electron chi connectivity index (χ4n) is 3.78. The third-order valence-electron chi connectivity index (χ3n) is 5.22. The zero-order chi connectivity index (χ0) is 16.4. The summed E-state index contributed by atoms with van der Waals surface area (Å²) in [5.41, 5.74) is 1.06. The van der Waals surface area contributed by atoms with Crippen molar-refractivity contribution in [2.24, 2.45) is 18.9 Å². The van der Waals surface area contributed by atoms with Crippen LogP contribution < -0.4 is 5.32 Å². The molecule has 1 aromatic rings. The van der Waals surface area contributed by atoms with E-state index in [0.717, 1.165) is 25.3 Å². The molecule has 0 radical (unpaired) electrons. The topological polar surface area (TPSA) is 39.1 Å². The van der Waals surface area contributed by atoms with Crippen LogP contribution in [0.1, 0.15) is 43.9 Å². The van der Waals surface area contributed by atoms with E-state index in [1.165, 1.54) is 0 Å². The Labute approximate surface area is 134 Å². The van der Waals surface area contributed by atoms with Crippen LogP contribution in [0, 0.1) is 11.8 Å². The molecule has 1 saturated heterocycles. The van der Waals surface area contributed by atoms with Gasteiger partial charge in [0, 0.05) is 38.4 Å². The lowest BCUT2D eigenvalue weighted by Crippen LogP contribution is -2.39. The van der Waals surface area contributed by atoms with Gasteiger partial charge in [-0.05, 0) is 38.2 Å². The molecule has 2 fully saturated rings. The van der Waals surface area contributed by atoms with Gasteiger partial charge in [-0.15, -0.1) is 0 Å². The van der Waals surface area contributed by atoms with E-state index in [1.807, 2.05) is 17.8 Å². The summed E-state index contributed by atoms with van der Waals surface area (Å²) in [4.78, 5) is 0. The largest absolute Gasteiger partial charge is 0.391 e. The third-order valence-corrected chi connectivity index (χ3v) is 5.22. The lowest BCUT2D eigenvalue weighted by molar-refractivity contribution is -0.182. The van der Waals surface area contributed by atoms with E-state index in [2.05, 4.69) is 10.4 Å². The van der Waals surface area contributed by atoms with Crippen LogP contribution in [0.15, 0.2) is 12.3 Å². The Balaban J connectivity index is 1.48. The van der Waals surface area contributed by atoms with Crippen molar-refractivity contribution in [3.05, 3.63) is 18.0 Å². The predicted octanol–water partition coefficient (Wildman–Crippen LogP) is 3.21. The maximum absolute atomic E-state index is 12.7. The van der Waals surface area contributed by atoms with Gasteiger partial charge in [0.2, 0.25) is 0 Å². The Morgan fingerprint density at radius 1 is 1.26 bits per heavy atom. The zero-order valence-electron chi connectivity index (χ0n) is 13.4. The lowest BCUT2D eigenvalue weighted by atomic mass is 9.85. The molecule has 2 aliphatic rings. The fraction of sp³-hybridized carbons (Fsp3) is 0.812. The average Bonchev–Trinajstić information content (AvgIpc) is 3.12. The molecule has 0 aromatic carbocycles. The van der Waals surface area contributed by atoms with Crippen LogP contribution >= 0.6 is 0 Å². The number of rotatable bonds is 4. The summed E-state index contributed by atoms with van der Waals surface area (Å²) in [5, 5.41) is 7.66. The Morgan fingerprint density at radius 2 is 2.00 bits per heavy atom. The van der Waals surface area contributed by atoms with Gasteiger partial charge >= 0.3 is 6.18 Å². The molecule has 0 spiro atoms. The van der Waals surface area contributed by atoms with Crippen molar-refractivity contribution in [1.82, 2.24) is 15.1 Å². The Bertz CT molecular complexity index is 509. The molecular weight excluding hydrogens is 307 g/mol. The summed E-state index contributed by atoms with van der Waals surface area (Å²) in [7, 11) is 1.90. The first-order chi connectivity index (χ1) is 10.9. The van der Waals surface area contributed by atoms with Crippen LogP contribution in [0.4, 0.5) is 13.2 Å². The lowest BCUT2D eigenvalue weighted by Gasteiger charge is -2.31. The van der Waals surface area contributed by atoms with Crippen molar-refractivity contribution in [1.29, 1.82) is 0 Å². The molecular formula is C16H24F3N3O. The van der Waals surface area contributed by atoms with Gasteiger partial charge in [-0.3, -0.25) is 4.68 Å². The quantitative estimate of drug-likeness (QED) is 0.921. The average molecular weight is 331 g/mol. The minimum atomic E-state index is -4.03. The highest BCUT2D eigenvalue weighted by molar-refractivity contribution is 5.07. The number of nitrogens with zero attached hydrogens (tertiary/aromatic N) is 2.